The number of aryl methyl sites for hydroxylation is 1. The molecule has 0 unspecified atom stereocenters. The smallest absolute Gasteiger partial charge is 0.219 e. The van der Waals surface area contributed by atoms with Crippen LogP contribution in [0, 0.1) is 6.92 Å². The molecule has 2 aliphatic heterocycles. The van der Waals surface area contributed by atoms with Gasteiger partial charge >= 0.3 is 0 Å². The summed E-state index contributed by atoms with van der Waals surface area (Å²) in [6.07, 6.45) is 7.41. The Morgan fingerprint density at radius 1 is 1.12 bits per heavy atom. The number of nitrogens with zero attached hydrogens (tertiary/aromatic N) is 5. The number of rotatable bonds is 5. The van der Waals surface area contributed by atoms with Crippen molar-refractivity contribution in [2.45, 2.75) is 51.5 Å². The van der Waals surface area contributed by atoms with Crippen molar-refractivity contribution in [3.63, 3.8) is 0 Å². The molecule has 0 aromatic carbocycles. The maximum absolute atomic E-state index is 12.2. The molecule has 3 aromatic rings. The lowest BCUT2D eigenvalue weighted by Gasteiger charge is -2.37. The van der Waals surface area contributed by atoms with E-state index in [4.69, 9.17) is 14.7 Å². The van der Waals surface area contributed by atoms with Crippen molar-refractivity contribution in [1.82, 2.24) is 24.8 Å². The van der Waals surface area contributed by atoms with Crippen molar-refractivity contribution >= 4 is 17.4 Å². The largest absolute Gasteiger partial charge is 0.380 e. The number of hydrogen-bond acceptors (Lipinski definition) is 7. The Morgan fingerprint density at radius 2 is 1.97 bits per heavy atom. The van der Waals surface area contributed by atoms with Crippen LogP contribution < -0.4 is 5.32 Å². The van der Waals surface area contributed by atoms with Crippen molar-refractivity contribution in [2.75, 3.05) is 25.1 Å². The average molecular weight is 459 g/mol. The summed E-state index contributed by atoms with van der Waals surface area (Å²) in [6.45, 7) is 7.80. The first-order valence-corrected chi connectivity index (χ1v) is 11.8. The van der Waals surface area contributed by atoms with Gasteiger partial charge in [0.1, 0.15) is 11.6 Å². The first-order chi connectivity index (χ1) is 16.5. The molecule has 5 heterocycles. The molecule has 0 bridgehead atoms. The zero-order chi connectivity index (χ0) is 23.7. The van der Waals surface area contributed by atoms with Gasteiger partial charge in [-0.25, -0.2) is 9.97 Å². The predicted octanol–water partition coefficient (Wildman–Crippen LogP) is 4.21. The Hall–Kier alpha value is -3.39. The summed E-state index contributed by atoms with van der Waals surface area (Å²) in [5, 5.41) is 3.42. The van der Waals surface area contributed by atoms with Crippen molar-refractivity contribution in [3.8, 4) is 11.3 Å². The highest BCUT2D eigenvalue weighted by Crippen LogP contribution is 2.32. The van der Waals surface area contributed by atoms with E-state index in [1.165, 1.54) is 0 Å². The Bertz CT molecular complexity index is 1200. The average Bonchev–Trinajstić information content (AvgIpc) is 2.78. The summed E-state index contributed by atoms with van der Waals surface area (Å²) in [5.74, 6) is 2.03. The molecular formula is C26H30N6O2. The monoisotopic (exact) mass is 458 g/mol. The third-order valence-electron chi connectivity index (χ3n) is 6.73. The number of anilines is 2. The van der Waals surface area contributed by atoms with Crippen LogP contribution in [-0.2, 0) is 9.53 Å². The van der Waals surface area contributed by atoms with Gasteiger partial charge in [0, 0.05) is 72.9 Å². The second-order valence-corrected chi connectivity index (χ2v) is 9.34. The lowest BCUT2D eigenvalue weighted by Crippen LogP contribution is -2.44. The van der Waals surface area contributed by atoms with Crippen LogP contribution >= 0.6 is 0 Å². The van der Waals surface area contributed by atoms with Crippen molar-refractivity contribution in [1.29, 1.82) is 0 Å². The van der Waals surface area contributed by atoms with Gasteiger partial charge in [0.2, 0.25) is 5.91 Å². The fourth-order valence-corrected chi connectivity index (χ4v) is 4.64. The Labute approximate surface area is 199 Å². The molecule has 0 spiro atoms. The molecule has 5 rings (SSSR count). The van der Waals surface area contributed by atoms with Crippen LogP contribution in [0.5, 0.6) is 0 Å². The van der Waals surface area contributed by atoms with Crippen LogP contribution in [0.4, 0.5) is 11.5 Å². The summed E-state index contributed by atoms with van der Waals surface area (Å²) in [7, 11) is 0. The van der Waals surface area contributed by atoms with Gasteiger partial charge in [0.05, 0.1) is 18.9 Å². The van der Waals surface area contributed by atoms with Crippen LogP contribution in [0.3, 0.4) is 0 Å². The van der Waals surface area contributed by atoms with Gasteiger partial charge < -0.3 is 15.0 Å². The number of hydrogen-bond donors (Lipinski definition) is 1. The molecule has 2 aliphatic rings. The number of pyridine rings is 2. The number of amides is 1. The lowest BCUT2D eigenvalue weighted by atomic mass is 9.92. The Balaban J connectivity index is 1.52. The van der Waals surface area contributed by atoms with Gasteiger partial charge in [-0.15, -0.1) is 0 Å². The molecule has 0 aliphatic carbocycles. The van der Waals surface area contributed by atoms with E-state index in [-0.39, 0.29) is 17.9 Å². The number of carbonyl (C=O) groups is 1. The molecular weight excluding hydrogens is 428 g/mol. The van der Waals surface area contributed by atoms with E-state index >= 15 is 0 Å². The minimum absolute atomic E-state index is 0.0796. The molecule has 8 heteroatoms. The second kappa shape index (κ2) is 9.46. The normalized spacial score (nSPS) is 20.6. The molecule has 3 aromatic heterocycles. The summed E-state index contributed by atoms with van der Waals surface area (Å²) in [6, 6.07) is 8.26. The lowest BCUT2D eigenvalue weighted by molar-refractivity contribution is -0.132. The molecule has 1 amide bonds. The van der Waals surface area contributed by atoms with E-state index in [1.807, 2.05) is 42.4 Å². The number of aromatic nitrogens is 4. The van der Waals surface area contributed by atoms with Crippen LogP contribution in [-0.4, -0.2) is 56.5 Å². The first kappa shape index (κ1) is 22.4. The van der Waals surface area contributed by atoms with Gasteiger partial charge in [0.15, 0.2) is 0 Å². The second-order valence-electron chi connectivity index (χ2n) is 9.34. The van der Waals surface area contributed by atoms with Crippen molar-refractivity contribution in [2.24, 2.45) is 0 Å². The summed E-state index contributed by atoms with van der Waals surface area (Å²) in [5.41, 5.74) is 4.79. The first-order valence-electron chi connectivity index (χ1n) is 11.8. The van der Waals surface area contributed by atoms with E-state index in [1.54, 1.807) is 13.1 Å². The highest BCUT2D eigenvalue weighted by Gasteiger charge is 2.30. The molecule has 176 valence electrons. The third kappa shape index (κ3) is 4.77. The van der Waals surface area contributed by atoms with Crippen LogP contribution in [0.1, 0.15) is 55.6 Å². The molecule has 34 heavy (non-hydrogen) atoms. The Kier molecular flexibility index (Phi) is 6.24. The summed E-state index contributed by atoms with van der Waals surface area (Å²) < 4.78 is 5.37. The number of piperidine rings is 1. The molecule has 0 radical (unpaired) electrons. The van der Waals surface area contributed by atoms with Gasteiger partial charge in [-0.2, -0.15) is 0 Å². The highest BCUT2D eigenvalue weighted by molar-refractivity contribution is 5.74. The van der Waals surface area contributed by atoms with E-state index in [9.17, 15) is 4.79 Å². The fourth-order valence-electron chi connectivity index (χ4n) is 4.64. The van der Waals surface area contributed by atoms with Crippen LogP contribution in [0.15, 0.2) is 42.9 Å². The quantitative estimate of drug-likeness (QED) is 0.612. The minimum Gasteiger partial charge on any atom is -0.380 e. The maximum atomic E-state index is 12.2. The van der Waals surface area contributed by atoms with E-state index in [2.05, 4.69) is 28.3 Å². The Morgan fingerprint density at radius 3 is 2.71 bits per heavy atom. The van der Waals surface area contributed by atoms with E-state index < -0.39 is 0 Å². The van der Waals surface area contributed by atoms with Gasteiger partial charge in [-0.1, -0.05) is 0 Å². The maximum Gasteiger partial charge on any atom is 0.219 e. The summed E-state index contributed by atoms with van der Waals surface area (Å²) >= 11 is 0. The van der Waals surface area contributed by atoms with Gasteiger partial charge in [-0.3, -0.25) is 14.8 Å². The number of carbonyl (C=O) groups excluding carboxylic acids is 1. The van der Waals surface area contributed by atoms with Crippen LogP contribution in [0.2, 0.25) is 0 Å². The van der Waals surface area contributed by atoms with E-state index in [0.717, 1.165) is 65.9 Å². The number of nitrogens with one attached hydrogen (secondary N) is 1. The topological polar surface area (TPSA) is 93.1 Å². The van der Waals surface area contributed by atoms with Crippen LogP contribution in [0.25, 0.3) is 11.3 Å². The highest BCUT2D eigenvalue weighted by atomic mass is 16.5. The summed E-state index contributed by atoms with van der Waals surface area (Å²) in [4.78, 5) is 32.8. The van der Waals surface area contributed by atoms with Crippen molar-refractivity contribution < 1.29 is 9.53 Å². The van der Waals surface area contributed by atoms with E-state index in [0.29, 0.717) is 12.5 Å². The molecule has 0 saturated carbocycles. The molecule has 2 atom stereocenters. The molecule has 2 fully saturated rings. The van der Waals surface area contributed by atoms with Gasteiger partial charge in [0.25, 0.3) is 0 Å². The predicted molar refractivity (Wildman–Crippen MR) is 130 cm³/mol. The minimum atomic E-state index is 0.0796. The van der Waals surface area contributed by atoms with Crippen molar-refractivity contribution in [3.05, 3.63) is 59.9 Å². The third-order valence-corrected chi connectivity index (χ3v) is 6.73. The molecule has 8 nitrogen and oxygen atoms in total. The molecule has 2 saturated heterocycles. The zero-order valence-electron chi connectivity index (χ0n) is 19.9. The number of ether oxygens (including phenoxy) is 1. The zero-order valence-corrected chi connectivity index (χ0v) is 19.9. The standard InChI is InChI=1S/C26H30N6O2/c1-16-8-23(6-7-28-16)29-25-10-24(21-9-20(11-27-12-21)22-14-34-15-22)30-26(31-25)19-5-4-17(2)32(13-19)18(3)33/h6-12,17,19,22H,4-5,13-15H2,1-3H3,(H,28,29,30,31)/t17-,19+/m0/s1. The van der Waals surface area contributed by atoms with Gasteiger partial charge in [-0.05, 0) is 50.5 Å². The SMILES string of the molecule is CC(=O)N1C[C@H](c2nc(Nc3ccnc(C)c3)cc(-c3cncc(C4COC4)c3)n2)CC[C@@H]1C. The molecule has 1 N–H and O–H groups in total. The fraction of sp³-hybridized carbons (Fsp3) is 0.423. The number of likely N-dealkylation sites (tertiary alicyclic amines) is 1.